The van der Waals surface area contributed by atoms with E-state index in [1.165, 1.54) is 18.7 Å². The van der Waals surface area contributed by atoms with Crippen LogP contribution in [0, 0.1) is 6.92 Å². The second-order valence-electron chi connectivity index (χ2n) is 5.94. The minimum atomic E-state index is -3.57. The van der Waals surface area contributed by atoms with Gasteiger partial charge in [-0.3, -0.25) is 4.79 Å². The van der Waals surface area contributed by atoms with Gasteiger partial charge in [-0.05, 0) is 62.2 Å². The quantitative estimate of drug-likeness (QED) is 0.793. The Kier molecular flexibility index (Phi) is 6.33. The SMILES string of the molecule is CCCCc1ccc(C(=O)Nc2ccc(C)c(S(=O)(=O)NC)c2)cc1. The molecule has 0 aliphatic heterocycles. The summed E-state index contributed by atoms with van der Waals surface area (Å²) in [4.78, 5) is 12.5. The highest BCUT2D eigenvalue weighted by Gasteiger charge is 2.16. The van der Waals surface area contributed by atoms with Crippen molar-refractivity contribution in [1.82, 2.24) is 4.72 Å². The molecule has 0 aliphatic rings. The Bertz CT molecular complexity index is 843. The molecule has 25 heavy (non-hydrogen) atoms. The van der Waals surface area contributed by atoms with Crippen LogP contribution in [0.4, 0.5) is 5.69 Å². The third-order valence-corrected chi connectivity index (χ3v) is 5.60. The third kappa shape index (κ3) is 4.90. The molecule has 0 atom stereocenters. The molecule has 0 aliphatic carbocycles. The van der Waals surface area contributed by atoms with E-state index < -0.39 is 10.0 Å². The summed E-state index contributed by atoms with van der Waals surface area (Å²) in [6.07, 6.45) is 3.26. The number of aryl methyl sites for hydroxylation is 2. The molecule has 134 valence electrons. The van der Waals surface area contributed by atoms with Crippen LogP contribution in [-0.2, 0) is 16.4 Å². The Balaban J connectivity index is 2.16. The van der Waals surface area contributed by atoms with Crippen LogP contribution >= 0.6 is 0 Å². The number of anilines is 1. The molecule has 0 unspecified atom stereocenters. The molecule has 2 N–H and O–H groups in total. The average Bonchev–Trinajstić information content (AvgIpc) is 2.61. The number of rotatable bonds is 7. The summed E-state index contributed by atoms with van der Waals surface area (Å²) < 4.78 is 26.4. The summed E-state index contributed by atoms with van der Waals surface area (Å²) in [5.41, 5.74) is 2.81. The molecule has 0 heterocycles. The van der Waals surface area contributed by atoms with Crippen LogP contribution in [-0.4, -0.2) is 21.4 Å². The molecule has 2 aromatic rings. The first-order valence-electron chi connectivity index (χ1n) is 8.32. The molecule has 0 fully saturated rings. The Morgan fingerprint density at radius 3 is 2.36 bits per heavy atom. The van der Waals surface area contributed by atoms with Crippen LogP contribution < -0.4 is 10.0 Å². The number of nitrogens with one attached hydrogen (secondary N) is 2. The minimum absolute atomic E-state index is 0.155. The van der Waals surface area contributed by atoms with Crippen LogP contribution in [0.25, 0.3) is 0 Å². The molecule has 0 saturated heterocycles. The summed E-state index contributed by atoms with van der Waals surface area (Å²) in [5.74, 6) is -0.265. The maximum atomic E-state index is 12.4. The normalized spacial score (nSPS) is 11.3. The maximum absolute atomic E-state index is 12.4. The van der Waals surface area contributed by atoms with Gasteiger partial charge in [-0.1, -0.05) is 31.5 Å². The average molecular weight is 360 g/mol. The summed E-state index contributed by atoms with van der Waals surface area (Å²) in [5, 5.41) is 2.75. The first kappa shape index (κ1) is 19.1. The van der Waals surface area contributed by atoms with Gasteiger partial charge in [0.25, 0.3) is 5.91 Å². The van der Waals surface area contributed by atoms with E-state index in [-0.39, 0.29) is 10.8 Å². The second-order valence-corrected chi connectivity index (χ2v) is 7.80. The highest BCUT2D eigenvalue weighted by molar-refractivity contribution is 7.89. The Morgan fingerprint density at radius 2 is 1.76 bits per heavy atom. The molecule has 0 radical (unpaired) electrons. The lowest BCUT2D eigenvalue weighted by Gasteiger charge is -2.11. The molecule has 2 aromatic carbocycles. The van der Waals surface area contributed by atoms with E-state index >= 15 is 0 Å². The van der Waals surface area contributed by atoms with Gasteiger partial charge in [0, 0.05) is 11.3 Å². The van der Waals surface area contributed by atoms with Crippen molar-refractivity contribution in [1.29, 1.82) is 0 Å². The predicted molar refractivity (Wildman–Crippen MR) is 100 cm³/mol. The van der Waals surface area contributed by atoms with Crippen molar-refractivity contribution in [2.75, 3.05) is 12.4 Å². The van der Waals surface area contributed by atoms with Crippen molar-refractivity contribution < 1.29 is 13.2 Å². The number of carbonyl (C=O) groups is 1. The number of carbonyl (C=O) groups excluding carboxylic acids is 1. The highest BCUT2D eigenvalue weighted by Crippen LogP contribution is 2.20. The van der Waals surface area contributed by atoms with Crippen LogP contribution in [0.2, 0.25) is 0 Å². The molecule has 0 bridgehead atoms. The van der Waals surface area contributed by atoms with E-state index in [1.54, 1.807) is 31.2 Å². The fourth-order valence-corrected chi connectivity index (χ4v) is 3.48. The lowest BCUT2D eigenvalue weighted by Crippen LogP contribution is -2.20. The van der Waals surface area contributed by atoms with Crippen molar-refractivity contribution in [3.63, 3.8) is 0 Å². The topological polar surface area (TPSA) is 75.3 Å². The van der Waals surface area contributed by atoms with Crippen molar-refractivity contribution in [3.05, 3.63) is 59.2 Å². The first-order chi connectivity index (χ1) is 11.9. The van der Waals surface area contributed by atoms with Crippen LogP contribution in [0.5, 0.6) is 0 Å². The van der Waals surface area contributed by atoms with E-state index in [9.17, 15) is 13.2 Å². The molecular weight excluding hydrogens is 336 g/mol. The van der Waals surface area contributed by atoms with E-state index in [0.717, 1.165) is 19.3 Å². The summed E-state index contributed by atoms with van der Waals surface area (Å²) in [6.45, 7) is 3.86. The zero-order chi connectivity index (χ0) is 18.4. The summed E-state index contributed by atoms with van der Waals surface area (Å²) in [7, 11) is -2.21. The van der Waals surface area contributed by atoms with Crippen molar-refractivity contribution in [2.24, 2.45) is 0 Å². The minimum Gasteiger partial charge on any atom is -0.322 e. The lowest BCUT2D eigenvalue weighted by atomic mass is 10.1. The largest absolute Gasteiger partial charge is 0.322 e. The fourth-order valence-electron chi connectivity index (χ4n) is 2.48. The molecule has 0 saturated carbocycles. The van der Waals surface area contributed by atoms with Gasteiger partial charge >= 0.3 is 0 Å². The highest BCUT2D eigenvalue weighted by atomic mass is 32.2. The van der Waals surface area contributed by atoms with E-state index in [4.69, 9.17) is 0 Å². The zero-order valence-electron chi connectivity index (χ0n) is 14.8. The van der Waals surface area contributed by atoms with E-state index in [1.807, 2.05) is 12.1 Å². The Labute approximate surface area is 149 Å². The molecule has 0 aromatic heterocycles. The van der Waals surface area contributed by atoms with Gasteiger partial charge < -0.3 is 5.32 Å². The van der Waals surface area contributed by atoms with Gasteiger partial charge in [-0.2, -0.15) is 0 Å². The molecule has 5 nitrogen and oxygen atoms in total. The number of amides is 1. The van der Waals surface area contributed by atoms with E-state index in [2.05, 4.69) is 17.0 Å². The molecule has 6 heteroatoms. The Hall–Kier alpha value is -2.18. The molecular formula is C19H24N2O3S. The van der Waals surface area contributed by atoms with Crippen LogP contribution in [0.15, 0.2) is 47.4 Å². The lowest BCUT2D eigenvalue weighted by molar-refractivity contribution is 0.102. The number of sulfonamides is 1. The van der Waals surface area contributed by atoms with Crippen LogP contribution in [0.1, 0.15) is 41.3 Å². The van der Waals surface area contributed by atoms with E-state index in [0.29, 0.717) is 16.8 Å². The smallest absolute Gasteiger partial charge is 0.255 e. The molecule has 2 rings (SSSR count). The van der Waals surface area contributed by atoms with Gasteiger partial charge in [-0.25, -0.2) is 13.1 Å². The zero-order valence-corrected chi connectivity index (χ0v) is 15.6. The molecule has 1 amide bonds. The molecule has 0 spiro atoms. The number of unbranched alkanes of at least 4 members (excludes halogenated alkanes) is 1. The van der Waals surface area contributed by atoms with Gasteiger partial charge in [0.05, 0.1) is 4.90 Å². The fraction of sp³-hybridized carbons (Fsp3) is 0.316. The number of hydrogen-bond acceptors (Lipinski definition) is 3. The predicted octanol–water partition coefficient (Wildman–Crippen LogP) is 3.50. The van der Waals surface area contributed by atoms with Gasteiger partial charge in [0.2, 0.25) is 10.0 Å². The van der Waals surface area contributed by atoms with Gasteiger partial charge in [-0.15, -0.1) is 0 Å². The Morgan fingerprint density at radius 1 is 1.08 bits per heavy atom. The summed E-state index contributed by atoms with van der Waals surface area (Å²) >= 11 is 0. The number of benzene rings is 2. The maximum Gasteiger partial charge on any atom is 0.255 e. The van der Waals surface area contributed by atoms with Gasteiger partial charge in [0.1, 0.15) is 0 Å². The monoisotopic (exact) mass is 360 g/mol. The van der Waals surface area contributed by atoms with Crippen molar-refractivity contribution in [3.8, 4) is 0 Å². The van der Waals surface area contributed by atoms with Crippen LogP contribution in [0.3, 0.4) is 0 Å². The summed E-state index contributed by atoms with van der Waals surface area (Å²) in [6, 6.07) is 12.3. The first-order valence-corrected chi connectivity index (χ1v) is 9.80. The van der Waals surface area contributed by atoms with Crippen molar-refractivity contribution in [2.45, 2.75) is 38.0 Å². The standard InChI is InChI=1S/C19H24N2O3S/c1-4-5-6-15-8-10-16(11-9-15)19(22)21-17-12-7-14(2)18(13-17)25(23,24)20-3/h7-13,20H,4-6H2,1-3H3,(H,21,22). The third-order valence-electron chi connectivity index (χ3n) is 4.04. The number of hydrogen-bond donors (Lipinski definition) is 2. The van der Waals surface area contributed by atoms with Gasteiger partial charge in [0.15, 0.2) is 0 Å². The second kappa shape index (κ2) is 8.27. The van der Waals surface area contributed by atoms with Crippen molar-refractivity contribution >= 4 is 21.6 Å².